The summed E-state index contributed by atoms with van der Waals surface area (Å²) in [7, 11) is -2.24. The van der Waals surface area contributed by atoms with Crippen LogP contribution in [0.15, 0.2) is 47.0 Å². The molecule has 142 valence electrons. The van der Waals surface area contributed by atoms with E-state index >= 15 is 0 Å². The molecule has 0 spiro atoms. The van der Waals surface area contributed by atoms with Gasteiger partial charge in [-0.2, -0.15) is 9.29 Å². The fourth-order valence-corrected chi connectivity index (χ4v) is 4.37. The average molecular weight is 426 g/mol. The van der Waals surface area contributed by atoms with Gasteiger partial charge < -0.3 is 4.52 Å². The van der Waals surface area contributed by atoms with Crippen molar-refractivity contribution in [2.24, 2.45) is 0 Å². The normalized spacial score (nSPS) is 11.9. The predicted molar refractivity (Wildman–Crippen MR) is 105 cm³/mol. The van der Waals surface area contributed by atoms with Crippen LogP contribution in [0, 0.1) is 6.92 Å². The second kappa shape index (κ2) is 7.98. The molecule has 0 saturated heterocycles. The van der Waals surface area contributed by atoms with Gasteiger partial charge in [0.2, 0.25) is 21.7 Å². The van der Waals surface area contributed by atoms with Gasteiger partial charge in [0.25, 0.3) is 0 Å². The van der Waals surface area contributed by atoms with Crippen molar-refractivity contribution in [3.63, 3.8) is 0 Å². The highest BCUT2D eigenvalue weighted by Crippen LogP contribution is 2.27. The van der Waals surface area contributed by atoms with Gasteiger partial charge in [0.05, 0.1) is 12.3 Å². The number of sulfonamides is 1. The lowest BCUT2D eigenvalue weighted by Crippen LogP contribution is -2.28. The monoisotopic (exact) mass is 425 g/mol. The number of halogens is 2. The third-order valence-electron chi connectivity index (χ3n) is 3.97. The number of rotatable bonds is 6. The van der Waals surface area contributed by atoms with E-state index in [-0.39, 0.29) is 18.2 Å². The third kappa shape index (κ3) is 4.68. The van der Waals surface area contributed by atoms with E-state index in [4.69, 9.17) is 27.7 Å². The SMILES string of the molecule is Cc1cccc(-c2noc(CN(C)S(=O)(=O)Cc3c(Cl)cccc3Cl)n2)c1. The fourth-order valence-electron chi connectivity index (χ4n) is 2.47. The van der Waals surface area contributed by atoms with E-state index in [1.54, 1.807) is 18.2 Å². The maximum absolute atomic E-state index is 12.6. The Kier molecular flexibility index (Phi) is 5.86. The van der Waals surface area contributed by atoms with Crippen molar-refractivity contribution >= 4 is 33.2 Å². The lowest BCUT2D eigenvalue weighted by atomic mass is 10.1. The summed E-state index contributed by atoms with van der Waals surface area (Å²) in [6.45, 7) is 1.91. The number of aryl methyl sites for hydroxylation is 1. The fraction of sp³-hybridized carbons (Fsp3) is 0.222. The lowest BCUT2D eigenvalue weighted by Gasteiger charge is -2.16. The number of aromatic nitrogens is 2. The first-order valence-electron chi connectivity index (χ1n) is 8.03. The molecule has 6 nitrogen and oxygen atoms in total. The number of hydrogen-bond acceptors (Lipinski definition) is 5. The van der Waals surface area contributed by atoms with Crippen LogP contribution in [0.4, 0.5) is 0 Å². The zero-order chi connectivity index (χ0) is 19.6. The van der Waals surface area contributed by atoms with Gasteiger partial charge in [-0.05, 0) is 25.1 Å². The Morgan fingerprint density at radius 3 is 2.44 bits per heavy atom. The van der Waals surface area contributed by atoms with E-state index in [1.807, 2.05) is 31.2 Å². The molecule has 0 atom stereocenters. The van der Waals surface area contributed by atoms with E-state index in [9.17, 15) is 8.42 Å². The van der Waals surface area contributed by atoms with Crippen LogP contribution >= 0.6 is 23.2 Å². The molecule has 0 radical (unpaired) electrons. The molecule has 9 heteroatoms. The Hall–Kier alpha value is -1.93. The van der Waals surface area contributed by atoms with Crippen LogP contribution in [-0.2, 0) is 22.3 Å². The van der Waals surface area contributed by atoms with Gasteiger partial charge in [-0.25, -0.2) is 8.42 Å². The molecule has 0 bridgehead atoms. The van der Waals surface area contributed by atoms with E-state index in [0.717, 1.165) is 15.4 Å². The summed E-state index contributed by atoms with van der Waals surface area (Å²) in [5.74, 6) is 0.289. The zero-order valence-corrected chi connectivity index (χ0v) is 17.0. The summed E-state index contributed by atoms with van der Waals surface area (Å²) in [5, 5.41) is 4.53. The minimum atomic E-state index is -3.68. The molecule has 0 unspecified atom stereocenters. The summed E-state index contributed by atoms with van der Waals surface area (Å²) in [5.41, 5.74) is 2.23. The molecular formula is C18H17Cl2N3O3S. The van der Waals surface area contributed by atoms with Gasteiger partial charge in [0.15, 0.2) is 0 Å². The highest BCUT2D eigenvalue weighted by molar-refractivity contribution is 7.88. The number of benzene rings is 2. The summed E-state index contributed by atoms with van der Waals surface area (Å²) >= 11 is 12.2. The van der Waals surface area contributed by atoms with Crippen LogP contribution in [-0.4, -0.2) is 29.9 Å². The first-order valence-corrected chi connectivity index (χ1v) is 10.4. The number of nitrogens with zero attached hydrogens (tertiary/aromatic N) is 3. The smallest absolute Gasteiger partial charge is 0.242 e. The molecule has 0 aliphatic heterocycles. The number of hydrogen-bond donors (Lipinski definition) is 0. The van der Waals surface area contributed by atoms with Gasteiger partial charge in [-0.1, -0.05) is 58.2 Å². The topological polar surface area (TPSA) is 76.3 Å². The lowest BCUT2D eigenvalue weighted by molar-refractivity contribution is 0.336. The van der Waals surface area contributed by atoms with Gasteiger partial charge >= 0.3 is 0 Å². The summed E-state index contributed by atoms with van der Waals surface area (Å²) in [6.07, 6.45) is 0. The van der Waals surface area contributed by atoms with Crippen molar-refractivity contribution in [3.8, 4) is 11.4 Å². The molecule has 2 aromatic carbocycles. The summed E-state index contributed by atoms with van der Waals surface area (Å²) < 4.78 is 31.6. The summed E-state index contributed by atoms with van der Waals surface area (Å²) in [4.78, 5) is 4.28. The molecule has 0 aliphatic rings. The molecule has 0 aliphatic carbocycles. The van der Waals surface area contributed by atoms with Gasteiger partial charge in [-0.3, -0.25) is 0 Å². The van der Waals surface area contributed by atoms with Crippen LogP contribution in [0.2, 0.25) is 10.0 Å². The molecule has 0 saturated carbocycles. The van der Waals surface area contributed by atoms with Crippen molar-refractivity contribution in [2.45, 2.75) is 19.2 Å². The molecule has 3 aromatic rings. The van der Waals surface area contributed by atoms with Crippen LogP contribution < -0.4 is 0 Å². The standard InChI is InChI=1S/C18H17Cl2N3O3S/c1-12-5-3-6-13(9-12)18-21-17(26-22-18)10-23(2)27(24,25)11-14-15(19)7-4-8-16(14)20/h3-9H,10-11H2,1-2H3. The predicted octanol–water partition coefficient (Wildman–Crippen LogP) is 4.31. The maximum Gasteiger partial charge on any atom is 0.242 e. The molecule has 27 heavy (non-hydrogen) atoms. The van der Waals surface area contributed by atoms with Crippen LogP contribution in [0.25, 0.3) is 11.4 Å². The van der Waals surface area contributed by atoms with Crippen molar-refractivity contribution in [2.75, 3.05) is 7.05 Å². The molecule has 0 amide bonds. The Labute approximate surface area is 167 Å². The second-order valence-electron chi connectivity index (χ2n) is 6.09. The van der Waals surface area contributed by atoms with Crippen LogP contribution in [0.3, 0.4) is 0 Å². The average Bonchev–Trinajstić information content (AvgIpc) is 3.07. The Balaban J connectivity index is 1.76. The first kappa shape index (κ1) is 19.8. The maximum atomic E-state index is 12.6. The highest BCUT2D eigenvalue weighted by atomic mass is 35.5. The largest absolute Gasteiger partial charge is 0.338 e. The van der Waals surface area contributed by atoms with E-state index in [2.05, 4.69) is 10.1 Å². The van der Waals surface area contributed by atoms with Crippen molar-refractivity contribution in [1.82, 2.24) is 14.4 Å². The molecule has 3 rings (SSSR count). The van der Waals surface area contributed by atoms with Crippen LogP contribution in [0.1, 0.15) is 17.0 Å². The van der Waals surface area contributed by atoms with Crippen LogP contribution in [0.5, 0.6) is 0 Å². The van der Waals surface area contributed by atoms with Gasteiger partial charge in [0.1, 0.15) is 0 Å². The van der Waals surface area contributed by atoms with E-state index in [0.29, 0.717) is 21.4 Å². The Bertz CT molecular complexity index is 1050. The quantitative estimate of drug-likeness (QED) is 0.587. The molecule has 1 heterocycles. The minimum absolute atomic E-state index is 0.0524. The molecule has 0 N–H and O–H groups in total. The van der Waals surface area contributed by atoms with Crippen molar-refractivity contribution in [3.05, 3.63) is 69.5 Å². The molecule has 1 aromatic heterocycles. The second-order valence-corrected chi connectivity index (χ2v) is 8.98. The van der Waals surface area contributed by atoms with E-state index < -0.39 is 10.0 Å². The molecule has 0 fully saturated rings. The first-order chi connectivity index (χ1) is 12.8. The van der Waals surface area contributed by atoms with E-state index in [1.165, 1.54) is 7.05 Å². The molecular weight excluding hydrogens is 409 g/mol. The Morgan fingerprint density at radius 1 is 1.11 bits per heavy atom. The summed E-state index contributed by atoms with van der Waals surface area (Å²) in [6, 6.07) is 12.5. The highest BCUT2D eigenvalue weighted by Gasteiger charge is 2.24. The van der Waals surface area contributed by atoms with Gasteiger partial charge in [0, 0.05) is 28.2 Å². The Morgan fingerprint density at radius 2 is 1.78 bits per heavy atom. The van der Waals surface area contributed by atoms with Gasteiger partial charge in [-0.15, -0.1) is 0 Å². The third-order valence-corrected chi connectivity index (χ3v) is 6.41. The minimum Gasteiger partial charge on any atom is -0.338 e. The van der Waals surface area contributed by atoms with Crippen molar-refractivity contribution < 1.29 is 12.9 Å². The van der Waals surface area contributed by atoms with Crippen molar-refractivity contribution in [1.29, 1.82) is 0 Å². The zero-order valence-electron chi connectivity index (χ0n) is 14.7.